The van der Waals surface area contributed by atoms with E-state index in [1.807, 2.05) is 0 Å². The molecule has 1 fully saturated rings. The third-order valence-electron chi connectivity index (χ3n) is 4.32. The Morgan fingerprint density at radius 2 is 2.06 bits per heavy atom. The van der Waals surface area contributed by atoms with Crippen LogP contribution in [0.25, 0.3) is 0 Å². The molecular weight excluding hydrogens is 286 g/mol. The Balaban J connectivity index is 1.93. The van der Waals surface area contributed by atoms with Crippen molar-refractivity contribution in [1.29, 1.82) is 0 Å². The van der Waals surface area contributed by atoms with Crippen LogP contribution in [-0.2, 0) is 6.42 Å². The van der Waals surface area contributed by atoms with E-state index in [2.05, 4.69) is 59.4 Å². The smallest absolute Gasteiger partial charge is 0.0207 e. The predicted molar refractivity (Wildman–Crippen MR) is 81.8 cm³/mol. The van der Waals surface area contributed by atoms with Gasteiger partial charge in [-0.25, -0.2) is 0 Å². The number of benzene rings is 1. The Labute approximate surface area is 119 Å². The van der Waals surface area contributed by atoms with Crippen LogP contribution in [0.3, 0.4) is 0 Å². The molecule has 1 nitrogen and oxygen atoms in total. The molecule has 2 rings (SSSR count). The molecule has 1 aromatic rings. The Kier molecular flexibility index (Phi) is 5.25. The molecule has 1 aliphatic rings. The lowest BCUT2D eigenvalue weighted by Crippen LogP contribution is -2.33. The van der Waals surface area contributed by atoms with Crippen LogP contribution in [0, 0.1) is 11.8 Å². The zero-order chi connectivity index (χ0) is 13.0. The van der Waals surface area contributed by atoms with E-state index >= 15 is 0 Å². The largest absolute Gasteiger partial charge is 0.314 e. The first-order valence-electron chi connectivity index (χ1n) is 7.19. The molecule has 100 valence electrons. The van der Waals surface area contributed by atoms with Crippen molar-refractivity contribution in [3.63, 3.8) is 0 Å². The zero-order valence-corrected chi connectivity index (χ0v) is 13.0. The summed E-state index contributed by atoms with van der Waals surface area (Å²) in [5.41, 5.74) is 1.46. The van der Waals surface area contributed by atoms with Gasteiger partial charge in [-0.15, -0.1) is 0 Å². The normalized spacial score (nSPS) is 27.6. The fraction of sp³-hybridized carbons (Fsp3) is 0.625. The summed E-state index contributed by atoms with van der Waals surface area (Å²) >= 11 is 3.66. The highest BCUT2D eigenvalue weighted by atomic mass is 79.9. The van der Waals surface area contributed by atoms with Crippen molar-refractivity contribution in [3.8, 4) is 0 Å². The van der Waals surface area contributed by atoms with E-state index in [1.54, 1.807) is 0 Å². The number of halogens is 1. The minimum absolute atomic E-state index is 0.734. The van der Waals surface area contributed by atoms with Gasteiger partial charge in [-0.1, -0.05) is 48.0 Å². The molecule has 0 aliphatic heterocycles. The molecule has 2 heteroatoms. The molecule has 1 saturated carbocycles. The van der Waals surface area contributed by atoms with Gasteiger partial charge < -0.3 is 5.32 Å². The second-order valence-corrected chi connectivity index (χ2v) is 6.41. The van der Waals surface area contributed by atoms with Gasteiger partial charge in [0.25, 0.3) is 0 Å². The van der Waals surface area contributed by atoms with Gasteiger partial charge in [0.1, 0.15) is 0 Å². The van der Waals surface area contributed by atoms with Gasteiger partial charge in [0.2, 0.25) is 0 Å². The summed E-state index contributed by atoms with van der Waals surface area (Å²) < 4.78 is 1.27. The van der Waals surface area contributed by atoms with Gasteiger partial charge in [-0.2, -0.15) is 0 Å². The standard InChI is InChI=1S/C16H24BrN/c1-3-10-18-16-9-8-13(12(16)2)11-14-6-4-5-7-15(14)17/h4-7,12-13,16,18H,3,8-11H2,1-2H3. The van der Waals surface area contributed by atoms with Crippen LogP contribution in [0.5, 0.6) is 0 Å². The Hall–Kier alpha value is -0.340. The monoisotopic (exact) mass is 309 g/mol. The van der Waals surface area contributed by atoms with E-state index in [-0.39, 0.29) is 0 Å². The van der Waals surface area contributed by atoms with Crippen molar-refractivity contribution < 1.29 is 0 Å². The molecule has 0 radical (unpaired) electrons. The molecule has 0 aromatic heterocycles. The maximum Gasteiger partial charge on any atom is 0.0207 e. The van der Waals surface area contributed by atoms with E-state index in [9.17, 15) is 0 Å². The van der Waals surface area contributed by atoms with Crippen LogP contribution >= 0.6 is 15.9 Å². The molecule has 1 aromatic carbocycles. The summed E-state index contributed by atoms with van der Waals surface area (Å²) in [6, 6.07) is 9.38. The van der Waals surface area contributed by atoms with Gasteiger partial charge in [-0.3, -0.25) is 0 Å². The summed E-state index contributed by atoms with van der Waals surface area (Å²) in [7, 11) is 0. The molecule has 0 spiro atoms. The van der Waals surface area contributed by atoms with Crippen LogP contribution in [0.15, 0.2) is 28.7 Å². The second-order valence-electron chi connectivity index (χ2n) is 5.55. The zero-order valence-electron chi connectivity index (χ0n) is 11.5. The quantitative estimate of drug-likeness (QED) is 0.849. The first-order valence-corrected chi connectivity index (χ1v) is 7.98. The summed E-state index contributed by atoms with van der Waals surface area (Å²) in [5, 5.41) is 3.70. The van der Waals surface area contributed by atoms with E-state index in [4.69, 9.17) is 0 Å². The maximum atomic E-state index is 3.70. The number of nitrogens with one attached hydrogen (secondary N) is 1. The number of rotatable bonds is 5. The summed E-state index contributed by atoms with van der Waals surface area (Å²) in [6.07, 6.45) is 5.16. The molecule has 0 heterocycles. The number of hydrogen-bond acceptors (Lipinski definition) is 1. The SMILES string of the molecule is CCCNC1CCC(Cc2ccccc2Br)C1C. The Bertz CT molecular complexity index is 377. The lowest BCUT2D eigenvalue weighted by Gasteiger charge is -2.22. The topological polar surface area (TPSA) is 12.0 Å². The van der Waals surface area contributed by atoms with Gasteiger partial charge in [0.05, 0.1) is 0 Å². The third kappa shape index (κ3) is 3.36. The fourth-order valence-electron chi connectivity index (χ4n) is 3.10. The van der Waals surface area contributed by atoms with Crippen LogP contribution in [-0.4, -0.2) is 12.6 Å². The van der Waals surface area contributed by atoms with Gasteiger partial charge >= 0.3 is 0 Å². The fourth-order valence-corrected chi connectivity index (χ4v) is 3.55. The highest BCUT2D eigenvalue weighted by Gasteiger charge is 2.32. The minimum atomic E-state index is 0.734. The molecule has 0 bridgehead atoms. The summed E-state index contributed by atoms with van der Waals surface area (Å²) in [5.74, 6) is 1.63. The van der Waals surface area contributed by atoms with Crippen molar-refractivity contribution in [3.05, 3.63) is 34.3 Å². The Morgan fingerprint density at radius 3 is 2.78 bits per heavy atom. The van der Waals surface area contributed by atoms with Crippen LogP contribution in [0.1, 0.15) is 38.7 Å². The average Bonchev–Trinajstić information content (AvgIpc) is 2.71. The van der Waals surface area contributed by atoms with Crippen molar-refractivity contribution in [1.82, 2.24) is 5.32 Å². The first-order chi connectivity index (χ1) is 8.72. The molecule has 0 amide bonds. The van der Waals surface area contributed by atoms with Crippen LogP contribution in [0.4, 0.5) is 0 Å². The molecule has 18 heavy (non-hydrogen) atoms. The van der Waals surface area contributed by atoms with E-state index < -0.39 is 0 Å². The second kappa shape index (κ2) is 6.72. The van der Waals surface area contributed by atoms with E-state index in [0.717, 1.165) is 24.4 Å². The summed E-state index contributed by atoms with van der Waals surface area (Å²) in [4.78, 5) is 0. The van der Waals surface area contributed by atoms with Gasteiger partial charge in [0, 0.05) is 10.5 Å². The molecule has 0 saturated heterocycles. The molecule has 3 unspecified atom stereocenters. The van der Waals surface area contributed by atoms with Crippen molar-refractivity contribution in [2.24, 2.45) is 11.8 Å². The van der Waals surface area contributed by atoms with E-state index in [0.29, 0.717) is 0 Å². The van der Waals surface area contributed by atoms with Crippen LogP contribution < -0.4 is 5.32 Å². The molecule has 1 aliphatic carbocycles. The Morgan fingerprint density at radius 1 is 1.28 bits per heavy atom. The predicted octanol–water partition coefficient (Wildman–Crippen LogP) is 4.41. The van der Waals surface area contributed by atoms with Gasteiger partial charge in [0.15, 0.2) is 0 Å². The maximum absolute atomic E-state index is 3.70. The van der Waals surface area contributed by atoms with E-state index in [1.165, 1.54) is 35.7 Å². The first kappa shape index (κ1) is 14.1. The van der Waals surface area contributed by atoms with Crippen molar-refractivity contribution in [2.45, 2.75) is 45.6 Å². The average molecular weight is 310 g/mol. The lowest BCUT2D eigenvalue weighted by molar-refractivity contribution is 0.351. The molecule has 1 N–H and O–H groups in total. The lowest BCUT2D eigenvalue weighted by atomic mass is 9.89. The summed E-state index contributed by atoms with van der Waals surface area (Å²) in [6.45, 7) is 5.82. The third-order valence-corrected chi connectivity index (χ3v) is 5.10. The van der Waals surface area contributed by atoms with Crippen molar-refractivity contribution >= 4 is 15.9 Å². The van der Waals surface area contributed by atoms with Gasteiger partial charge in [-0.05, 0) is 55.7 Å². The highest BCUT2D eigenvalue weighted by Crippen LogP contribution is 2.35. The highest BCUT2D eigenvalue weighted by molar-refractivity contribution is 9.10. The molecular formula is C16H24BrN. The minimum Gasteiger partial charge on any atom is -0.314 e. The number of hydrogen-bond donors (Lipinski definition) is 1. The van der Waals surface area contributed by atoms with Crippen LogP contribution in [0.2, 0.25) is 0 Å². The van der Waals surface area contributed by atoms with Crippen molar-refractivity contribution in [2.75, 3.05) is 6.54 Å². The molecule has 3 atom stereocenters.